The first kappa shape index (κ1) is 28.0. The number of urea groups is 1. The number of aryl methyl sites for hydroxylation is 2. The fraction of sp³-hybridized carbons (Fsp3) is 0.258. The van der Waals surface area contributed by atoms with Gasteiger partial charge in [0.05, 0.1) is 11.4 Å². The van der Waals surface area contributed by atoms with E-state index in [1.807, 2.05) is 107 Å². The van der Waals surface area contributed by atoms with Crippen LogP contribution in [-0.4, -0.2) is 46.0 Å². The maximum Gasteiger partial charge on any atom is 0.322 e. The van der Waals surface area contributed by atoms with Gasteiger partial charge in [0.25, 0.3) is 0 Å². The number of carbonyl (C=O) groups is 2. The summed E-state index contributed by atoms with van der Waals surface area (Å²) in [6.07, 6.45) is 2.01. The van der Waals surface area contributed by atoms with Gasteiger partial charge in [-0.05, 0) is 61.9 Å². The molecule has 0 atom stereocenters. The molecule has 0 spiro atoms. The number of hydrogen-bond acceptors (Lipinski definition) is 4. The molecule has 8 heteroatoms. The Hall–Kier alpha value is -4.04. The van der Waals surface area contributed by atoms with E-state index in [9.17, 15) is 9.59 Å². The average Bonchev–Trinajstić information content (AvgIpc) is 3.32. The number of aromatic nitrogens is 2. The molecule has 4 aromatic rings. The van der Waals surface area contributed by atoms with Crippen LogP contribution in [0.5, 0.6) is 0 Å². The van der Waals surface area contributed by atoms with Gasteiger partial charge >= 0.3 is 6.03 Å². The minimum atomic E-state index is -0.316. The lowest BCUT2D eigenvalue weighted by molar-refractivity contribution is -0.116. The Balaban J connectivity index is 1.57. The van der Waals surface area contributed by atoms with Crippen molar-refractivity contribution in [1.82, 2.24) is 14.7 Å². The summed E-state index contributed by atoms with van der Waals surface area (Å²) in [6, 6.07) is 25.2. The van der Waals surface area contributed by atoms with Gasteiger partial charge in [0.15, 0.2) is 0 Å². The Morgan fingerprint density at radius 3 is 2.31 bits per heavy atom. The summed E-state index contributed by atoms with van der Waals surface area (Å²) < 4.78 is 1.76. The van der Waals surface area contributed by atoms with Gasteiger partial charge in [0, 0.05) is 28.8 Å². The lowest BCUT2D eigenvalue weighted by atomic mass is 10.1. The van der Waals surface area contributed by atoms with Crippen LogP contribution in [0.4, 0.5) is 16.3 Å². The van der Waals surface area contributed by atoms with Crippen molar-refractivity contribution in [2.24, 2.45) is 5.92 Å². The SMILES string of the molecule is CSc1ccc(NC(=O)N(CC(=O)Nc2cc(-c3ccccc3)nn2-c2ccc(C)cc2C)CC(C)C)cc1. The minimum absolute atomic E-state index is 0.0916. The summed E-state index contributed by atoms with van der Waals surface area (Å²) in [5.74, 6) is 0.435. The molecule has 4 rings (SSSR count). The molecular formula is C31H35N5O2S. The molecule has 0 unspecified atom stereocenters. The highest BCUT2D eigenvalue weighted by Gasteiger charge is 2.21. The first-order valence-corrected chi connectivity index (χ1v) is 14.2. The van der Waals surface area contributed by atoms with Crippen LogP contribution in [0.25, 0.3) is 16.9 Å². The summed E-state index contributed by atoms with van der Waals surface area (Å²) >= 11 is 1.64. The highest BCUT2D eigenvalue weighted by molar-refractivity contribution is 7.98. The van der Waals surface area contributed by atoms with E-state index in [-0.39, 0.29) is 24.4 Å². The van der Waals surface area contributed by atoms with Crippen molar-refractivity contribution >= 4 is 35.2 Å². The van der Waals surface area contributed by atoms with Crippen molar-refractivity contribution in [1.29, 1.82) is 0 Å². The predicted octanol–water partition coefficient (Wildman–Crippen LogP) is 7.01. The van der Waals surface area contributed by atoms with Crippen molar-refractivity contribution in [2.75, 3.05) is 30.0 Å². The fourth-order valence-electron chi connectivity index (χ4n) is 4.34. The van der Waals surface area contributed by atoms with E-state index in [0.717, 1.165) is 33.0 Å². The normalized spacial score (nSPS) is 10.9. The van der Waals surface area contributed by atoms with Crippen LogP contribution in [0.3, 0.4) is 0 Å². The van der Waals surface area contributed by atoms with Gasteiger partial charge in [-0.1, -0.05) is 61.9 Å². The number of amides is 3. The minimum Gasteiger partial charge on any atom is -0.315 e. The van der Waals surface area contributed by atoms with Crippen LogP contribution >= 0.6 is 11.8 Å². The van der Waals surface area contributed by atoms with Crippen LogP contribution in [0.1, 0.15) is 25.0 Å². The van der Waals surface area contributed by atoms with Crippen molar-refractivity contribution in [2.45, 2.75) is 32.6 Å². The molecule has 7 nitrogen and oxygen atoms in total. The molecule has 2 N–H and O–H groups in total. The Morgan fingerprint density at radius 2 is 1.67 bits per heavy atom. The van der Waals surface area contributed by atoms with Crippen molar-refractivity contribution in [3.63, 3.8) is 0 Å². The molecule has 3 amide bonds. The third-order valence-electron chi connectivity index (χ3n) is 6.18. The Kier molecular flexibility index (Phi) is 9.09. The molecule has 0 aliphatic rings. The van der Waals surface area contributed by atoms with Gasteiger partial charge in [-0.15, -0.1) is 11.8 Å². The molecule has 0 aliphatic carbocycles. The predicted molar refractivity (Wildman–Crippen MR) is 161 cm³/mol. The average molecular weight is 542 g/mol. The highest BCUT2D eigenvalue weighted by atomic mass is 32.2. The van der Waals surface area contributed by atoms with Crippen LogP contribution in [0.15, 0.2) is 83.8 Å². The van der Waals surface area contributed by atoms with E-state index in [2.05, 4.69) is 16.7 Å². The Labute approximate surface area is 234 Å². The number of hydrogen-bond donors (Lipinski definition) is 2. The Morgan fingerprint density at radius 1 is 0.949 bits per heavy atom. The molecule has 1 heterocycles. The highest BCUT2D eigenvalue weighted by Crippen LogP contribution is 2.27. The largest absolute Gasteiger partial charge is 0.322 e. The summed E-state index contributed by atoms with van der Waals surface area (Å²) in [5, 5.41) is 10.8. The molecule has 0 bridgehead atoms. The quantitative estimate of drug-likeness (QED) is 0.224. The maximum absolute atomic E-state index is 13.3. The van der Waals surface area contributed by atoms with Crippen LogP contribution in [0.2, 0.25) is 0 Å². The van der Waals surface area contributed by atoms with Crippen molar-refractivity contribution < 1.29 is 9.59 Å². The van der Waals surface area contributed by atoms with Crippen molar-refractivity contribution in [3.8, 4) is 16.9 Å². The van der Waals surface area contributed by atoms with Gasteiger partial charge in [-0.25, -0.2) is 9.48 Å². The summed E-state index contributed by atoms with van der Waals surface area (Å²) in [6.45, 7) is 8.46. The van der Waals surface area contributed by atoms with E-state index >= 15 is 0 Å². The fourth-order valence-corrected chi connectivity index (χ4v) is 4.75. The molecule has 3 aromatic carbocycles. The molecule has 0 aliphatic heterocycles. The number of nitrogens with zero attached hydrogens (tertiary/aromatic N) is 3. The number of thioether (sulfide) groups is 1. The summed E-state index contributed by atoms with van der Waals surface area (Å²) in [5.41, 5.74) is 5.45. The smallest absolute Gasteiger partial charge is 0.315 e. The maximum atomic E-state index is 13.3. The van der Waals surface area contributed by atoms with Crippen LogP contribution in [-0.2, 0) is 4.79 Å². The van der Waals surface area contributed by atoms with Gasteiger partial charge in [0.1, 0.15) is 12.4 Å². The second kappa shape index (κ2) is 12.7. The molecule has 1 aromatic heterocycles. The van der Waals surface area contributed by atoms with E-state index in [4.69, 9.17) is 5.10 Å². The van der Waals surface area contributed by atoms with Crippen molar-refractivity contribution in [3.05, 3.63) is 90.0 Å². The van der Waals surface area contributed by atoms with Gasteiger partial charge in [-0.3, -0.25) is 4.79 Å². The molecule has 0 fully saturated rings. The molecule has 39 heavy (non-hydrogen) atoms. The number of benzene rings is 3. The van der Waals surface area contributed by atoms with Crippen LogP contribution < -0.4 is 10.6 Å². The lowest BCUT2D eigenvalue weighted by Gasteiger charge is -2.24. The van der Waals surface area contributed by atoms with E-state index in [1.54, 1.807) is 21.3 Å². The zero-order chi connectivity index (χ0) is 27.9. The lowest BCUT2D eigenvalue weighted by Crippen LogP contribution is -2.42. The zero-order valence-corrected chi connectivity index (χ0v) is 23.9. The van der Waals surface area contributed by atoms with Gasteiger partial charge in [-0.2, -0.15) is 5.10 Å². The molecule has 0 radical (unpaired) electrons. The number of anilines is 2. The number of nitrogens with one attached hydrogen (secondary N) is 2. The molecule has 0 saturated heterocycles. The topological polar surface area (TPSA) is 79.3 Å². The summed E-state index contributed by atoms with van der Waals surface area (Å²) in [7, 11) is 0. The first-order valence-electron chi connectivity index (χ1n) is 13.0. The third-order valence-corrected chi connectivity index (χ3v) is 6.92. The standard InChI is InChI=1S/C31H35N5O2S/c1-21(2)19-35(31(38)32-25-12-14-26(39-5)15-13-25)20-30(37)33-29-18-27(24-9-7-6-8-10-24)34-36(29)28-16-11-22(3)17-23(28)4/h6-18,21H,19-20H2,1-5H3,(H,32,38)(H,33,37). The molecule has 0 saturated carbocycles. The number of rotatable bonds is 9. The monoisotopic (exact) mass is 541 g/mol. The van der Waals surface area contributed by atoms with Gasteiger partial charge < -0.3 is 15.5 Å². The van der Waals surface area contributed by atoms with Gasteiger partial charge in [0.2, 0.25) is 5.91 Å². The second-order valence-electron chi connectivity index (χ2n) is 9.96. The molecule has 202 valence electrons. The first-order chi connectivity index (χ1) is 18.7. The zero-order valence-electron chi connectivity index (χ0n) is 23.1. The van der Waals surface area contributed by atoms with Crippen LogP contribution in [0, 0.1) is 19.8 Å². The molecular weight excluding hydrogens is 506 g/mol. The number of carbonyl (C=O) groups excluding carboxylic acids is 2. The summed E-state index contributed by atoms with van der Waals surface area (Å²) in [4.78, 5) is 29.1. The van der Waals surface area contributed by atoms with E-state index in [0.29, 0.717) is 18.1 Å². The van der Waals surface area contributed by atoms with E-state index < -0.39 is 0 Å². The Bertz CT molecular complexity index is 1430. The van der Waals surface area contributed by atoms with E-state index in [1.165, 1.54) is 0 Å². The second-order valence-corrected chi connectivity index (χ2v) is 10.8. The third kappa shape index (κ3) is 7.29.